The lowest BCUT2D eigenvalue weighted by atomic mass is 10.2. The van der Waals surface area contributed by atoms with Crippen molar-refractivity contribution in [2.24, 2.45) is 0 Å². The Balaban J connectivity index is 2.20. The van der Waals surface area contributed by atoms with Gasteiger partial charge < -0.3 is 4.42 Å². The van der Waals surface area contributed by atoms with Gasteiger partial charge in [-0.1, -0.05) is 18.2 Å². The summed E-state index contributed by atoms with van der Waals surface area (Å²) in [5.41, 5.74) is 2.19. The SMILES string of the molecule is CSc1ncnc2oc(-c3ccccc3)nc12. The lowest BCUT2D eigenvalue weighted by molar-refractivity contribution is 0.606. The summed E-state index contributed by atoms with van der Waals surface area (Å²) < 4.78 is 5.62. The van der Waals surface area contributed by atoms with Crippen molar-refractivity contribution in [3.05, 3.63) is 36.7 Å². The predicted molar refractivity (Wildman–Crippen MR) is 66.8 cm³/mol. The molecule has 2 heterocycles. The molecule has 0 unspecified atom stereocenters. The van der Waals surface area contributed by atoms with E-state index in [1.807, 2.05) is 36.6 Å². The average molecular weight is 243 g/mol. The fourth-order valence-corrected chi connectivity index (χ4v) is 2.07. The largest absolute Gasteiger partial charge is 0.418 e. The molecule has 84 valence electrons. The Morgan fingerprint density at radius 2 is 1.94 bits per heavy atom. The maximum Gasteiger partial charge on any atom is 0.251 e. The fraction of sp³-hybridized carbons (Fsp3) is 0.0833. The molecular weight excluding hydrogens is 234 g/mol. The molecule has 4 nitrogen and oxygen atoms in total. The second-order valence-electron chi connectivity index (χ2n) is 3.42. The van der Waals surface area contributed by atoms with E-state index < -0.39 is 0 Å². The smallest absolute Gasteiger partial charge is 0.251 e. The Morgan fingerprint density at radius 3 is 2.71 bits per heavy atom. The van der Waals surface area contributed by atoms with Crippen molar-refractivity contribution < 1.29 is 4.42 Å². The molecule has 0 N–H and O–H groups in total. The minimum absolute atomic E-state index is 0.531. The van der Waals surface area contributed by atoms with Crippen LogP contribution >= 0.6 is 11.8 Å². The standard InChI is InChI=1S/C12H9N3OS/c1-17-12-9-11(13-7-14-12)16-10(15-9)8-5-3-2-4-6-8/h2-7H,1H3. The number of nitrogens with zero attached hydrogens (tertiary/aromatic N) is 3. The second-order valence-corrected chi connectivity index (χ2v) is 4.22. The molecule has 1 aromatic carbocycles. The van der Waals surface area contributed by atoms with Crippen LogP contribution in [-0.4, -0.2) is 21.2 Å². The van der Waals surface area contributed by atoms with Crippen molar-refractivity contribution in [1.29, 1.82) is 0 Å². The highest BCUT2D eigenvalue weighted by molar-refractivity contribution is 7.98. The Hall–Kier alpha value is -1.88. The third kappa shape index (κ3) is 1.78. The molecule has 3 aromatic rings. The summed E-state index contributed by atoms with van der Waals surface area (Å²) in [7, 11) is 0. The Morgan fingerprint density at radius 1 is 1.12 bits per heavy atom. The third-order valence-electron chi connectivity index (χ3n) is 2.38. The van der Waals surface area contributed by atoms with Crippen molar-refractivity contribution in [3.8, 4) is 11.5 Å². The Bertz CT molecular complexity index is 651. The van der Waals surface area contributed by atoms with Crippen LogP contribution in [0.4, 0.5) is 0 Å². The predicted octanol–water partition coefficient (Wildman–Crippen LogP) is 3.01. The van der Waals surface area contributed by atoms with Gasteiger partial charge in [0, 0.05) is 5.56 Å². The molecule has 0 aliphatic carbocycles. The maximum absolute atomic E-state index is 5.62. The first-order valence-electron chi connectivity index (χ1n) is 5.09. The Labute approximate surface area is 102 Å². The number of fused-ring (bicyclic) bond motifs is 1. The number of rotatable bonds is 2. The maximum atomic E-state index is 5.62. The van der Waals surface area contributed by atoms with Gasteiger partial charge in [0.1, 0.15) is 11.4 Å². The van der Waals surface area contributed by atoms with E-state index in [0.29, 0.717) is 11.6 Å². The number of thioether (sulfide) groups is 1. The van der Waals surface area contributed by atoms with Crippen LogP contribution in [0.2, 0.25) is 0 Å². The molecule has 0 spiro atoms. The lowest BCUT2D eigenvalue weighted by Gasteiger charge is -1.91. The van der Waals surface area contributed by atoms with Gasteiger partial charge >= 0.3 is 0 Å². The summed E-state index contributed by atoms with van der Waals surface area (Å²) >= 11 is 1.53. The molecule has 5 heteroatoms. The molecule has 0 radical (unpaired) electrons. The van der Waals surface area contributed by atoms with Crippen molar-refractivity contribution in [3.63, 3.8) is 0 Å². The van der Waals surface area contributed by atoms with Crippen LogP contribution in [0.25, 0.3) is 22.7 Å². The van der Waals surface area contributed by atoms with Gasteiger partial charge in [0.2, 0.25) is 5.89 Å². The zero-order valence-corrected chi connectivity index (χ0v) is 9.94. The number of aromatic nitrogens is 3. The van der Waals surface area contributed by atoms with Gasteiger partial charge in [-0.2, -0.15) is 4.98 Å². The summed E-state index contributed by atoms with van der Waals surface area (Å²) in [6.45, 7) is 0. The van der Waals surface area contributed by atoms with Gasteiger partial charge in [-0.25, -0.2) is 9.97 Å². The van der Waals surface area contributed by atoms with Gasteiger partial charge in [0.15, 0.2) is 5.52 Å². The molecular formula is C12H9N3OS. The quantitative estimate of drug-likeness (QED) is 0.511. The van der Waals surface area contributed by atoms with Crippen LogP contribution in [0.5, 0.6) is 0 Å². The summed E-state index contributed by atoms with van der Waals surface area (Å²) in [6, 6.07) is 9.77. The summed E-state index contributed by atoms with van der Waals surface area (Å²) in [5, 5.41) is 0.834. The van der Waals surface area contributed by atoms with Crippen LogP contribution in [-0.2, 0) is 0 Å². The van der Waals surface area contributed by atoms with Gasteiger partial charge in [-0.05, 0) is 18.4 Å². The topological polar surface area (TPSA) is 51.8 Å². The molecule has 0 saturated heterocycles. The molecule has 0 aliphatic heterocycles. The monoisotopic (exact) mass is 243 g/mol. The van der Waals surface area contributed by atoms with Crippen LogP contribution < -0.4 is 0 Å². The van der Waals surface area contributed by atoms with E-state index in [4.69, 9.17) is 4.42 Å². The highest BCUT2D eigenvalue weighted by Gasteiger charge is 2.12. The zero-order chi connectivity index (χ0) is 11.7. The number of hydrogen-bond donors (Lipinski definition) is 0. The van der Waals surface area contributed by atoms with E-state index >= 15 is 0 Å². The molecule has 17 heavy (non-hydrogen) atoms. The number of hydrogen-bond acceptors (Lipinski definition) is 5. The summed E-state index contributed by atoms with van der Waals surface area (Å²) in [6.07, 6.45) is 3.45. The molecule has 0 atom stereocenters. The molecule has 3 rings (SSSR count). The van der Waals surface area contributed by atoms with E-state index in [0.717, 1.165) is 16.1 Å². The van der Waals surface area contributed by atoms with E-state index in [1.165, 1.54) is 18.1 Å². The summed E-state index contributed by atoms with van der Waals surface area (Å²) in [5.74, 6) is 0.580. The van der Waals surface area contributed by atoms with E-state index in [1.54, 1.807) is 0 Å². The number of benzene rings is 1. The molecule has 0 fully saturated rings. The first-order chi connectivity index (χ1) is 8.38. The van der Waals surface area contributed by atoms with Crippen molar-refractivity contribution in [2.45, 2.75) is 5.03 Å². The van der Waals surface area contributed by atoms with Crippen molar-refractivity contribution in [2.75, 3.05) is 6.26 Å². The molecule has 0 amide bonds. The molecule has 0 saturated carbocycles. The number of oxazole rings is 1. The highest BCUT2D eigenvalue weighted by atomic mass is 32.2. The van der Waals surface area contributed by atoms with E-state index in [9.17, 15) is 0 Å². The van der Waals surface area contributed by atoms with Crippen molar-refractivity contribution in [1.82, 2.24) is 15.0 Å². The van der Waals surface area contributed by atoms with Gasteiger partial charge in [0.05, 0.1) is 0 Å². The first kappa shape index (κ1) is 10.3. The van der Waals surface area contributed by atoms with Crippen molar-refractivity contribution >= 4 is 23.0 Å². The van der Waals surface area contributed by atoms with Crippen LogP contribution in [0.15, 0.2) is 46.1 Å². The fourth-order valence-electron chi connectivity index (χ4n) is 1.59. The minimum atomic E-state index is 0.531. The summed E-state index contributed by atoms with van der Waals surface area (Å²) in [4.78, 5) is 12.7. The first-order valence-corrected chi connectivity index (χ1v) is 6.32. The van der Waals surface area contributed by atoms with E-state index in [-0.39, 0.29) is 0 Å². The van der Waals surface area contributed by atoms with E-state index in [2.05, 4.69) is 15.0 Å². The second kappa shape index (κ2) is 4.18. The molecule has 0 bridgehead atoms. The minimum Gasteiger partial charge on any atom is -0.418 e. The highest BCUT2D eigenvalue weighted by Crippen LogP contribution is 2.27. The third-order valence-corrected chi connectivity index (χ3v) is 3.06. The van der Waals surface area contributed by atoms with Crippen LogP contribution in [0, 0.1) is 0 Å². The Kier molecular flexibility index (Phi) is 2.53. The lowest BCUT2D eigenvalue weighted by Crippen LogP contribution is -1.83. The van der Waals surface area contributed by atoms with Gasteiger partial charge in [-0.3, -0.25) is 0 Å². The zero-order valence-electron chi connectivity index (χ0n) is 9.12. The van der Waals surface area contributed by atoms with Crippen LogP contribution in [0.1, 0.15) is 0 Å². The van der Waals surface area contributed by atoms with Gasteiger partial charge in [-0.15, -0.1) is 11.8 Å². The normalized spacial score (nSPS) is 10.9. The van der Waals surface area contributed by atoms with Crippen LogP contribution in [0.3, 0.4) is 0 Å². The molecule has 2 aromatic heterocycles. The molecule has 0 aliphatic rings. The van der Waals surface area contributed by atoms with Gasteiger partial charge in [0.25, 0.3) is 5.71 Å². The average Bonchev–Trinajstić information content (AvgIpc) is 2.83.